The van der Waals surface area contributed by atoms with E-state index < -0.39 is 6.10 Å². The molecule has 0 saturated carbocycles. The van der Waals surface area contributed by atoms with Gasteiger partial charge in [-0.3, -0.25) is 9.69 Å². The Morgan fingerprint density at radius 2 is 2.14 bits per heavy atom. The van der Waals surface area contributed by atoms with E-state index in [-0.39, 0.29) is 17.8 Å². The predicted octanol–water partition coefficient (Wildman–Crippen LogP) is 1.06. The molecule has 154 valence electrons. The monoisotopic (exact) mass is 401 g/mol. The van der Waals surface area contributed by atoms with Gasteiger partial charge in [0.25, 0.3) is 5.91 Å². The van der Waals surface area contributed by atoms with Crippen LogP contribution in [0.5, 0.6) is 5.75 Å². The number of amides is 1. The summed E-state index contributed by atoms with van der Waals surface area (Å²) in [5.74, 6) is 0.0587. The molecule has 0 unspecified atom stereocenters. The Kier molecular flexibility index (Phi) is 5.50. The minimum atomic E-state index is -0.604. The Morgan fingerprint density at radius 3 is 2.93 bits per heavy atom. The van der Waals surface area contributed by atoms with Gasteiger partial charge in [-0.15, -0.1) is 0 Å². The van der Waals surface area contributed by atoms with E-state index in [0.29, 0.717) is 43.1 Å². The Hall–Kier alpha value is -2.91. The third-order valence-electron chi connectivity index (χ3n) is 5.25. The Labute approximate surface area is 167 Å². The van der Waals surface area contributed by atoms with Crippen LogP contribution < -0.4 is 10.1 Å². The lowest BCUT2D eigenvalue weighted by atomic mass is 10.0. The van der Waals surface area contributed by atoms with Gasteiger partial charge >= 0.3 is 0 Å². The van der Waals surface area contributed by atoms with Crippen LogP contribution in [0.1, 0.15) is 16.8 Å². The van der Waals surface area contributed by atoms with Gasteiger partial charge in [0.15, 0.2) is 0 Å². The molecule has 3 heterocycles. The van der Waals surface area contributed by atoms with Crippen LogP contribution in [0.2, 0.25) is 0 Å². The van der Waals surface area contributed by atoms with Crippen molar-refractivity contribution >= 4 is 11.6 Å². The highest BCUT2D eigenvalue weighted by molar-refractivity contribution is 6.00. The van der Waals surface area contributed by atoms with Crippen LogP contribution in [0.3, 0.4) is 0 Å². The largest absolute Gasteiger partial charge is 0.492 e. The van der Waals surface area contributed by atoms with Gasteiger partial charge < -0.3 is 19.7 Å². The summed E-state index contributed by atoms with van der Waals surface area (Å²) in [6.45, 7) is 2.33. The summed E-state index contributed by atoms with van der Waals surface area (Å²) in [7, 11) is 1.85. The molecule has 1 aliphatic heterocycles. The number of nitrogens with one attached hydrogen (secondary N) is 1. The molecule has 2 aromatic heterocycles. The zero-order valence-corrected chi connectivity index (χ0v) is 16.2. The zero-order chi connectivity index (χ0) is 20.4. The van der Waals surface area contributed by atoms with E-state index in [1.807, 2.05) is 17.8 Å². The van der Waals surface area contributed by atoms with Crippen molar-refractivity contribution in [1.29, 1.82) is 0 Å². The number of nitrogens with zero attached hydrogens (tertiary/aromatic N) is 4. The Morgan fingerprint density at radius 1 is 1.34 bits per heavy atom. The van der Waals surface area contributed by atoms with Crippen molar-refractivity contribution in [3.63, 3.8) is 0 Å². The standard InChI is InChI=1S/C20H24FN5O3/c1-24-8-9-26-20(24)16(12-22-26)19(28)23-17-13-25(7-6-18(17)27)10-11-29-15-4-2-14(21)3-5-15/h2-5,8-9,12,17-18,27H,6-7,10-11,13H2,1H3,(H,23,28)/t17-,18+/m1/s1. The van der Waals surface area contributed by atoms with Crippen LogP contribution in [-0.2, 0) is 7.05 Å². The van der Waals surface area contributed by atoms with Crippen molar-refractivity contribution in [3.8, 4) is 5.75 Å². The quantitative estimate of drug-likeness (QED) is 0.645. The molecule has 4 rings (SSSR count). The molecule has 0 radical (unpaired) electrons. The SMILES string of the molecule is Cn1ccn2ncc(C(=O)N[C@@H]3CN(CCOc4ccc(F)cc4)CC[C@@H]3O)c12. The molecule has 1 aliphatic rings. The van der Waals surface area contributed by atoms with Crippen LogP contribution >= 0.6 is 0 Å². The van der Waals surface area contributed by atoms with Crippen molar-refractivity contribution in [2.24, 2.45) is 7.05 Å². The highest BCUT2D eigenvalue weighted by Crippen LogP contribution is 2.15. The summed E-state index contributed by atoms with van der Waals surface area (Å²) in [4.78, 5) is 14.9. The minimum Gasteiger partial charge on any atom is -0.492 e. The number of halogens is 1. The van der Waals surface area contributed by atoms with Crippen molar-refractivity contribution in [2.75, 3.05) is 26.2 Å². The molecule has 1 amide bonds. The number of aromatic nitrogens is 3. The van der Waals surface area contributed by atoms with Gasteiger partial charge in [0.05, 0.1) is 18.3 Å². The number of hydrogen-bond acceptors (Lipinski definition) is 5. The summed E-state index contributed by atoms with van der Waals surface area (Å²) >= 11 is 0. The van der Waals surface area contributed by atoms with Gasteiger partial charge in [-0.25, -0.2) is 8.91 Å². The molecular formula is C20H24FN5O3. The maximum Gasteiger partial charge on any atom is 0.257 e. The summed E-state index contributed by atoms with van der Waals surface area (Å²) < 4.78 is 22.1. The smallest absolute Gasteiger partial charge is 0.257 e. The first-order valence-corrected chi connectivity index (χ1v) is 9.59. The lowest BCUT2D eigenvalue weighted by molar-refractivity contribution is 0.0395. The molecule has 1 aromatic carbocycles. The summed E-state index contributed by atoms with van der Waals surface area (Å²) in [5.41, 5.74) is 1.18. The molecule has 2 N–H and O–H groups in total. The van der Waals surface area contributed by atoms with E-state index >= 15 is 0 Å². The number of rotatable bonds is 6. The fourth-order valence-corrected chi connectivity index (χ4v) is 3.63. The number of ether oxygens (including phenoxy) is 1. The van der Waals surface area contributed by atoms with Crippen molar-refractivity contribution in [1.82, 2.24) is 24.4 Å². The molecule has 1 saturated heterocycles. The summed E-state index contributed by atoms with van der Waals surface area (Å²) in [5, 5.41) is 17.5. The van der Waals surface area contributed by atoms with Crippen LogP contribution in [0.4, 0.5) is 4.39 Å². The fraction of sp³-hybridized carbons (Fsp3) is 0.400. The number of imidazole rings is 1. The molecule has 29 heavy (non-hydrogen) atoms. The van der Waals surface area contributed by atoms with E-state index in [1.165, 1.54) is 18.3 Å². The lowest BCUT2D eigenvalue weighted by Gasteiger charge is -2.36. The summed E-state index contributed by atoms with van der Waals surface area (Å²) in [6.07, 6.45) is 5.11. The zero-order valence-electron chi connectivity index (χ0n) is 16.2. The topological polar surface area (TPSA) is 84.0 Å². The fourth-order valence-electron chi connectivity index (χ4n) is 3.63. The number of fused-ring (bicyclic) bond motifs is 1. The molecule has 0 spiro atoms. The number of aryl methyl sites for hydroxylation is 1. The van der Waals surface area contributed by atoms with Crippen molar-refractivity contribution in [2.45, 2.75) is 18.6 Å². The van der Waals surface area contributed by atoms with Crippen LogP contribution in [-0.4, -0.2) is 68.5 Å². The number of aliphatic hydroxyl groups excluding tert-OH is 1. The number of likely N-dealkylation sites (tertiary alicyclic amines) is 1. The first kappa shape index (κ1) is 19.4. The van der Waals surface area contributed by atoms with Crippen LogP contribution in [0.25, 0.3) is 5.65 Å². The van der Waals surface area contributed by atoms with E-state index in [9.17, 15) is 14.3 Å². The van der Waals surface area contributed by atoms with Gasteiger partial charge in [-0.05, 0) is 30.7 Å². The second-order valence-electron chi connectivity index (χ2n) is 7.27. The van der Waals surface area contributed by atoms with E-state index in [0.717, 1.165) is 6.54 Å². The minimum absolute atomic E-state index is 0.254. The number of piperidine rings is 1. The molecule has 1 fully saturated rings. The average Bonchev–Trinajstić information content (AvgIpc) is 3.29. The number of hydrogen-bond donors (Lipinski definition) is 2. The molecule has 2 atom stereocenters. The predicted molar refractivity (Wildman–Crippen MR) is 104 cm³/mol. The van der Waals surface area contributed by atoms with Crippen molar-refractivity contribution in [3.05, 3.63) is 54.2 Å². The normalized spacial score (nSPS) is 20.1. The van der Waals surface area contributed by atoms with Gasteiger partial charge in [0, 0.05) is 39.1 Å². The maximum absolute atomic E-state index is 12.9. The highest BCUT2D eigenvalue weighted by atomic mass is 19.1. The third kappa shape index (κ3) is 4.25. The Bertz CT molecular complexity index is 984. The van der Waals surface area contributed by atoms with E-state index in [4.69, 9.17) is 4.74 Å². The first-order valence-electron chi connectivity index (χ1n) is 9.59. The molecule has 0 bridgehead atoms. The second-order valence-corrected chi connectivity index (χ2v) is 7.27. The second kappa shape index (κ2) is 8.22. The van der Waals surface area contributed by atoms with Gasteiger partial charge in [0.2, 0.25) is 0 Å². The summed E-state index contributed by atoms with van der Waals surface area (Å²) in [6, 6.07) is 5.53. The number of carbonyl (C=O) groups is 1. The van der Waals surface area contributed by atoms with E-state index in [2.05, 4.69) is 15.3 Å². The number of aliphatic hydroxyl groups is 1. The van der Waals surface area contributed by atoms with E-state index in [1.54, 1.807) is 22.8 Å². The van der Waals surface area contributed by atoms with Crippen molar-refractivity contribution < 1.29 is 19.0 Å². The lowest BCUT2D eigenvalue weighted by Crippen LogP contribution is -2.55. The van der Waals surface area contributed by atoms with Crippen LogP contribution in [0, 0.1) is 5.82 Å². The maximum atomic E-state index is 12.9. The van der Waals surface area contributed by atoms with Gasteiger partial charge in [0.1, 0.15) is 29.4 Å². The molecule has 3 aromatic rings. The highest BCUT2D eigenvalue weighted by Gasteiger charge is 2.30. The Balaban J connectivity index is 1.33. The number of benzene rings is 1. The molecule has 0 aliphatic carbocycles. The number of carbonyl (C=O) groups excluding carboxylic acids is 1. The van der Waals surface area contributed by atoms with Gasteiger partial charge in [-0.1, -0.05) is 0 Å². The van der Waals surface area contributed by atoms with Gasteiger partial charge in [-0.2, -0.15) is 5.10 Å². The van der Waals surface area contributed by atoms with Crippen LogP contribution in [0.15, 0.2) is 42.9 Å². The molecule has 9 heteroatoms. The molecular weight excluding hydrogens is 377 g/mol. The first-order chi connectivity index (χ1) is 14.0. The molecule has 8 nitrogen and oxygen atoms in total. The average molecular weight is 401 g/mol. The third-order valence-corrected chi connectivity index (χ3v) is 5.25.